The van der Waals surface area contributed by atoms with Crippen molar-refractivity contribution in [3.63, 3.8) is 0 Å². The van der Waals surface area contributed by atoms with Crippen molar-refractivity contribution >= 4 is 23.7 Å². The minimum Gasteiger partial charge on any atom is -0.481 e. The van der Waals surface area contributed by atoms with E-state index in [4.69, 9.17) is 4.98 Å². The highest BCUT2D eigenvalue weighted by molar-refractivity contribution is 5.85. The molecule has 6 nitrogen and oxygen atoms in total. The number of hydrogen-bond donors (Lipinski definition) is 1. The van der Waals surface area contributed by atoms with E-state index in [1.807, 2.05) is 18.2 Å². The third-order valence-corrected chi connectivity index (χ3v) is 5.64. The summed E-state index contributed by atoms with van der Waals surface area (Å²) >= 11 is 0. The van der Waals surface area contributed by atoms with Gasteiger partial charge in [-0.25, -0.2) is 4.98 Å². The SMILES string of the molecule is O=C(O)C12C=Cc3nc4c(c(=O)n3C1C2)CCCC4=Cc1cccnc1. The Morgan fingerprint density at radius 2 is 2.27 bits per heavy atom. The lowest BCUT2D eigenvalue weighted by atomic mass is 9.90. The summed E-state index contributed by atoms with van der Waals surface area (Å²) in [4.78, 5) is 33.6. The zero-order valence-corrected chi connectivity index (χ0v) is 14.1. The van der Waals surface area contributed by atoms with Crippen molar-refractivity contribution in [1.82, 2.24) is 14.5 Å². The predicted molar refractivity (Wildman–Crippen MR) is 96.3 cm³/mol. The Morgan fingerprint density at radius 3 is 3.04 bits per heavy atom. The third kappa shape index (κ3) is 2.05. The van der Waals surface area contributed by atoms with Crippen molar-refractivity contribution < 1.29 is 9.90 Å². The van der Waals surface area contributed by atoms with E-state index in [1.54, 1.807) is 29.1 Å². The van der Waals surface area contributed by atoms with E-state index < -0.39 is 11.4 Å². The highest BCUT2D eigenvalue weighted by Crippen LogP contribution is 2.59. The molecule has 2 aromatic heterocycles. The zero-order chi connectivity index (χ0) is 17.9. The first-order valence-corrected chi connectivity index (χ1v) is 8.79. The molecule has 2 atom stereocenters. The van der Waals surface area contributed by atoms with E-state index in [2.05, 4.69) is 4.98 Å². The summed E-state index contributed by atoms with van der Waals surface area (Å²) in [6.07, 6.45) is 11.8. The van der Waals surface area contributed by atoms with Crippen LogP contribution in [0.5, 0.6) is 0 Å². The Kier molecular flexibility index (Phi) is 3.07. The third-order valence-electron chi connectivity index (χ3n) is 5.64. The van der Waals surface area contributed by atoms with E-state index in [1.165, 1.54) is 0 Å². The first kappa shape index (κ1) is 15.3. The molecule has 6 heteroatoms. The number of carbonyl (C=O) groups is 1. The van der Waals surface area contributed by atoms with E-state index in [0.717, 1.165) is 29.7 Å². The molecule has 130 valence electrons. The second-order valence-electron chi connectivity index (χ2n) is 7.18. The van der Waals surface area contributed by atoms with E-state index in [-0.39, 0.29) is 11.6 Å². The van der Waals surface area contributed by atoms with Crippen molar-refractivity contribution in [2.45, 2.75) is 31.7 Å². The fourth-order valence-corrected chi connectivity index (χ4v) is 4.16. The number of rotatable bonds is 2. The summed E-state index contributed by atoms with van der Waals surface area (Å²) in [6, 6.07) is 3.55. The Labute approximate surface area is 149 Å². The van der Waals surface area contributed by atoms with Crippen LogP contribution >= 0.6 is 0 Å². The largest absolute Gasteiger partial charge is 0.481 e. The van der Waals surface area contributed by atoms with Crippen LogP contribution < -0.4 is 5.56 Å². The zero-order valence-electron chi connectivity index (χ0n) is 14.1. The summed E-state index contributed by atoms with van der Waals surface area (Å²) in [5.41, 5.74) is 2.48. The Hall–Kier alpha value is -3.02. The van der Waals surface area contributed by atoms with Crippen molar-refractivity contribution in [2.24, 2.45) is 5.41 Å². The van der Waals surface area contributed by atoms with Crippen LogP contribution in [0.15, 0.2) is 35.4 Å². The van der Waals surface area contributed by atoms with Crippen molar-refractivity contribution in [2.75, 3.05) is 0 Å². The number of hydrogen-bond acceptors (Lipinski definition) is 4. The second kappa shape index (κ2) is 5.24. The molecule has 1 N–H and O–H groups in total. The minimum atomic E-state index is -0.921. The Morgan fingerprint density at radius 1 is 1.38 bits per heavy atom. The smallest absolute Gasteiger partial charge is 0.315 e. The first-order valence-electron chi connectivity index (χ1n) is 8.79. The van der Waals surface area contributed by atoms with Crippen LogP contribution in [-0.2, 0) is 11.2 Å². The highest BCUT2D eigenvalue weighted by atomic mass is 16.4. The van der Waals surface area contributed by atoms with E-state index in [0.29, 0.717) is 24.2 Å². The van der Waals surface area contributed by atoms with Gasteiger partial charge in [-0.1, -0.05) is 12.1 Å². The number of aliphatic carboxylic acids is 1. The molecule has 0 spiro atoms. The molecule has 0 aromatic carbocycles. The van der Waals surface area contributed by atoms with Gasteiger partial charge in [-0.2, -0.15) is 0 Å². The molecule has 3 heterocycles. The average Bonchev–Trinajstić information content (AvgIpc) is 3.40. The molecular formula is C20H17N3O3. The summed E-state index contributed by atoms with van der Waals surface area (Å²) in [6.45, 7) is 0. The van der Waals surface area contributed by atoms with Crippen molar-refractivity contribution in [1.29, 1.82) is 0 Å². The van der Waals surface area contributed by atoms with Crippen LogP contribution in [0.4, 0.5) is 0 Å². The minimum absolute atomic E-state index is 0.0840. The van der Waals surface area contributed by atoms with Gasteiger partial charge in [-0.15, -0.1) is 0 Å². The van der Waals surface area contributed by atoms with Gasteiger partial charge >= 0.3 is 5.97 Å². The number of carboxylic acids is 1. The number of aromatic nitrogens is 3. The number of fused-ring (bicyclic) bond motifs is 4. The molecule has 2 aromatic rings. The molecule has 5 rings (SSSR count). The molecule has 1 saturated carbocycles. The summed E-state index contributed by atoms with van der Waals surface area (Å²) in [5.74, 6) is -0.307. The van der Waals surface area contributed by atoms with Crippen LogP contribution in [0.3, 0.4) is 0 Å². The van der Waals surface area contributed by atoms with Gasteiger partial charge in [0.05, 0.1) is 11.7 Å². The van der Waals surface area contributed by atoms with Gasteiger partial charge in [0, 0.05) is 18.0 Å². The van der Waals surface area contributed by atoms with Gasteiger partial charge < -0.3 is 5.11 Å². The normalized spacial score (nSPS) is 26.8. The first-order chi connectivity index (χ1) is 12.6. The van der Waals surface area contributed by atoms with Crippen LogP contribution in [0.1, 0.15) is 47.9 Å². The lowest BCUT2D eigenvalue weighted by Gasteiger charge is -2.23. The highest BCUT2D eigenvalue weighted by Gasteiger charge is 2.62. The molecule has 0 saturated heterocycles. The lowest BCUT2D eigenvalue weighted by molar-refractivity contribution is -0.141. The number of pyridine rings is 1. The molecule has 1 aliphatic heterocycles. The molecule has 26 heavy (non-hydrogen) atoms. The Balaban J connectivity index is 1.66. The van der Waals surface area contributed by atoms with Gasteiger partial charge in [0.2, 0.25) is 0 Å². The fourth-order valence-electron chi connectivity index (χ4n) is 4.16. The quantitative estimate of drug-likeness (QED) is 0.902. The molecule has 2 unspecified atom stereocenters. The maximum atomic E-state index is 13.1. The maximum Gasteiger partial charge on any atom is 0.315 e. The maximum absolute atomic E-state index is 13.1. The molecule has 0 radical (unpaired) electrons. The average molecular weight is 347 g/mol. The summed E-state index contributed by atoms with van der Waals surface area (Å²) < 4.78 is 1.60. The van der Waals surface area contributed by atoms with Crippen LogP contribution in [0.25, 0.3) is 17.7 Å². The molecule has 0 amide bonds. The number of allylic oxidation sites excluding steroid dienone is 1. The van der Waals surface area contributed by atoms with Crippen molar-refractivity contribution in [3.05, 3.63) is 63.6 Å². The van der Waals surface area contributed by atoms with Crippen LogP contribution in [0.2, 0.25) is 0 Å². The van der Waals surface area contributed by atoms with Crippen molar-refractivity contribution in [3.8, 4) is 0 Å². The molecule has 3 aliphatic rings. The topological polar surface area (TPSA) is 85.1 Å². The van der Waals surface area contributed by atoms with Gasteiger partial charge in [0.1, 0.15) is 11.2 Å². The summed E-state index contributed by atoms with van der Waals surface area (Å²) in [7, 11) is 0. The molecule has 0 bridgehead atoms. The molecule has 2 aliphatic carbocycles. The monoisotopic (exact) mass is 347 g/mol. The second-order valence-corrected chi connectivity index (χ2v) is 7.18. The lowest BCUT2D eigenvalue weighted by Crippen LogP contribution is -2.33. The summed E-state index contributed by atoms with van der Waals surface area (Å²) in [5, 5.41) is 9.50. The van der Waals surface area contributed by atoms with Gasteiger partial charge in [0.15, 0.2) is 0 Å². The number of nitrogens with zero attached hydrogens (tertiary/aromatic N) is 3. The standard InChI is InChI=1S/C20H17N3O3/c24-18-14-5-1-4-13(9-12-3-2-8-21-11-12)17(14)22-16-6-7-20(19(25)26)10-15(20)23(16)18/h2-3,6-9,11,15H,1,4-5,10H2,(H,25,26). The van der Waals surface area contributed by atoms with Crippen LogP contribution in [-0.4, -0.2) is 25.6 Å². The Bertz CT molecular complexity index is 1050. The van der Waals surface area contributed by atoms with Gasteiger partial charge in [0.25, 0.3) is 5.56 Å². The van der Waals surface area contributed by atoms with Gasteiger partial charge in [-0.3, -0.25) is 19.1 Å². The molecule has 1 fully saturated rings. The van der Waals surface area contributed by atoms with Crippen LogP contribution in [0, 0.1) is 5.41 Å². The number of carboxylic acid groups (broad SMARTS) is 1. The van der Waals surface area contributed by atoms with E-state index in [9.17, 15) is 14.7 Å². The van der Waals surface area contributed by atoms with E-state index >= 15 is 0 Å². The van der Waals surface area contributed by atoms with Gasteiger partial charge in [-0.05, 0) is 55.0 Å². The molecular weight excluding hydrogens is 330 g/mol. The fraction of sp³-hybridized carbons (Fsp3) is 0.300. The predicted octanol–water partition coefficient (Wildman–Crippen LogP) is 2.56.